The molecule has 1 aliphatic heterocycles. The molecule has 0 radical (unpaired) electrons. The predicted molar refractivity (Wildman–Crippen MR) is 66.6 cm³/mol. The molecule has 0 fully saturated rings. The number of amides is 1. The second kappa shape index (κ2) is 4.13. The van der Waals surface area contributed by atoms with Crippen molar-refractivity contribution < 1.29 is 9.90 Å². The molecule has 4 N–H and O–H groups in total. The highest BCUT2D eigenvalue weighted by molar-refractivity contribution is 5.99. The van der Waals surface area contributed by atoms with Crippen molar-refractivity contribution in [1.82, 2.24) is 0 Å². The molecule has 4 nitrogen and oxygen atoms in total. The number of nitrogens with two attached hydrogens (primary N) is 1. The van der Waals surface area contributed by atoms with Gasteiger partial charge < -0.3 is 16.2 Å². The number of aliphatic hydroxyl groups is 1. The molecule has 1 aromatic carbocycles. The number of rotatable bonds is 3. The summed E-state index contributed by atoms with van der Waals surface area (Å²) in [6.07, 6.45) is -0.229. The summed E-state index contributed by atoms with van der Waals surface area (Å²) < 4.78 is 0. The molecule has 0 aromatic heterocycles. The molecule has 92 valence electrons. The smallest absolute Gasteiger partial charge is 0.228 e. The van der Waals surface area contributed by atoms with Crippen LogP contribution in [0, 0.1) is 5.41 Å². The third kappa shape index (κ3) is 2.18. The molecule has 1 amide bonds. The Kier molecular flexibility index (Phi) is 2.93. The van der Waals surface area contributed by atoms with Crippen LogP contribution in [0.5, 0.6) is 0 Å². The Morgan fingerprint density at radius 3 is 2.88 bits per heavy atom. The summed E-state index contributed by atoms with van der Waals surface area (Å²) in [5, 5.41) is 13.0. The molecule has 0 aliphatic carbocycles. The van der Waals surface area contributed by atoms with E-state index in [-0.39, 0.29) is 11.3 Å². The van der Waals surface area contributed by atoms with Crippen molar-refractivity contribution >= 4 is 11.6 Å². The van der Waals surface area contributed by atoms with Crippen LogP contribution in [-0.4, -0.2) is 17.6 Å². The van der Waals surface area contributed by atoms with E-state index < -0.39 is 6.10 Å². The van der Waals surface area contributed by atoms with Gasteiger partial charge in [-0.05, 0) is 17.2 Å². The van der Waals surface area contributed by atoms with Gasteiger partial charge in [-0.3, -0.25) is 4.79 Å². The van der Waals surface area contributed by atoms with Gasteiger partial charge in [0.1, 0.15) is 0 Å². The number of hydrogen-bond donors (Lipinski definition) is 3. The van der Waals surface area contributed by atoms with Gasteiger partial charge in [-0.15, -0.1) is 0 Å². The Morgan fingerprint density at radius 1 is 1.53 bits per heavy atom. The van der Waals surface area contributed by atoms with E-state index in [0.29, 0.717) is 13.0 Å². The first-order valence-electron chi connectivity index (χ1n) is 5.75. The summed E-state index contributed by atoms with van der Waals surface area (Å²) in [6, 6.07) is 5.56. The minimum absolute atomic E-state index is 0.00437. The van der Waals surface area contributed by atoms with Gasteiger partial charge in [0.2, 0.25) is 5.91 Å². The van der Waals surface area contributed by atoms with Crippen LogP contribution in [-0.2, 0) is 11.2 Å². The van der Waals surface area contributed by atoms with E-state index in [4.69, 9.17) is 5.73 Å². The van der Waals surface area contributed by atoms with Crippen LogP contribution < -0.4 is 11.1 Å². The molecule has 1 atom stereocenters. The first kappa shape index (κ1) is 12.1. The summed E-state index contributed by atoms with van der Waals surface area (Å²) in [5.41, 5.74) is 7.89. The van der Waals surface area contributed by atoms with Crippen molar-refractivity contribution in [1.29, 1.82) is 0 Å². The lowest BCUT2D eigenvalue weighted by atomic mass is 9.82. The van der Waals surface area contributed by atoms with Crippen molar-refractivity contribution in [2.75, 3.05) is 11.9 Å². The normalized spacial score (nSPS) is 16.6. The zero-order valence-electron chi connectivity index (χ0n) is 10.2. The van der Waals surface area contributed by atoms with E-state index in [1.165, 1.54) is 0 Å². The summed E-state index contributed by atoms with van der Waals surface area (Å²) in [6.45, 7) is 4.25. The maximum atomic E-state index is 11.2. The fourth-order valence-electron chi connectivity index (χ4n) is 1.98. The minimum atomic E-state index is -0.617. The Bertz CT molecular complexity index is 455. The number of fused-ring (bicyclic) bond motifs is 1. The minimum Gasteiger partial charge on any atom is -0.388 e. The number of anilines is 1. The molecule has 1 unspecified atom stereocenters. The molecule has 0 saturated heterocycles. The van der Waals surface area contributed by atoms with E-state index in [1.807, 2.05) is 32.0 Å². The quantitative estimate of drug-likeness (QED) is 0.735. The topological polar surface area (TPSA) is 75.3 Å². The first-order valence-corrected chi connectivity index (χ1v) is 5.75. The Hall–Kier alpha value is -1.39. The number of nitrogens with one attached hydrogen (secondary N) is 1. The predicted octanol–water partition coefficient (Wildman–Crippen LogP) is 1.20. The highest BCUT2D eigenvalue weighted by Gasteiger charge is 2.29. The number of hydrogen-bond acceptors (Lipinski definition) is 3. The average molecular weight is 234 g/mol. The molecule has 4 heteroatoms. The van der Waals surface area contributed by atoms with E-state index in [2.05, 4.69) is 5.32 Å². The van der Waals surface area contributed by atoms with Crippen LogP contribution in [0.3, 0.4) is 0 Å². The zero-order chi connectivity index (χ0) is 12.6. The lowest BCUT2D eigenvalue weighted by Crippen LogP contribution is -2.30. The molecule has 0 spiro atoms. The van der Waals surface area contributed by atoms with E-state index in [1.54, 1.807) is 0 Å². The summed E-state index contributed by atoms with van der Waals surface area (Å²) >= 11 is 0. The Labute approximate surface area is 101 Å². The fraction of sp³-hybridized carbons (Fsp3) is 0.462. The van der Waals surface area contributed by atoms with Gasteiger partial charge in [-0.2, -0.15) is 0 Å². The van der Waals surface area contributed by atoms with E-state index >= 15 is 0 Å². The second-order valence-electron chi connectivity index (χ2n) is 5.24. The lowest BCUT2D eigenvalue weighted by Gasteiger charge is -2.29. The molecule has 1 aromatic rings. The largest absolute Gasteiger partial charge is 0.388 e. The van der Waals surface area contributed by atoms with Crippen LogP contribution in [0.2, 0.25) is 0 Å². The SMILES string of the molecule is CC(C)(CN)C(O)c1ccc2c(c1)CC(=O)N2. The standard InChI is InChI=1S/C13H18N2O2/c1-13(2,7-14)12(17)8-3-4-10-9(5-8)6-11(16)15-10/h3-5,12,17H,6-7,14H2,1-2H3,(H,15,16). The molecule has 2 rings (SSSR count). The van der Waals surface area contributed by atoms with Gasteiger partial charge >= 0.3 is 0 Å². The van der Waals surface area contributed by atoms with Crippen molar-refractivity contribution in [2.45, 2.75) is 26.4 Å². The number of aliphatic hydroxyl groups excluding tert-OH is 1. The van der Waals surface area contributed by atoms with Gasteiger partial charge in [0.05, 0.1) is 12.5 Å². The molecule has 17 heavy (non-hydrogen) atoms. The maximum Gasteiger partial charge on any atom is 0.228 e. The second-order valence-corrected chi connectivity index (χ2v) is 5.24. The molecule has 1 heterocycles. The van der Waals surface area contributed by atoms with Crippen molar-refractivity contribution in [3.63, 3.8) is 0 Å². The van der Waals surface area contributed by atoms with Crippen LogP contribution in [0.25, 0.3) is 0 Å². The highest BCUT2D eigenvalue weighted by atomic mass is 16.3. The van der Waals surface area contributed by atoms with Crippen molar-refractivity contribution in [3.8, 4) is 0 Å². The first-order chi connectivity index (χ1) is 7.94. The zero-order valence-corrected chi connectivity index (χ0v) is 10.2. The van der Waals surface area contributed by atoms with Crippen molar-refractivity contribution in [3.05, 3.63) is 29.3 Å². The highest BCUT2D eigenvalue weighted by Crippen LogP contribution is 2.34. The van der Waals surface area contributed by atoms with Gasteiger partial charge in [0.25, 0.3) is 0 Å². The van der Waals surface area contributed by atoms with Gasteiger partial charge in [-0.1, -0.05) is 26.0 Å². The Balaban J connectivity index is 2.30. The molecule has 0 saturated carbocycles. The van der Waals surface area contributed by atoms with E-state index in [0.717, 1.165) is 16.8 Å². The summed E-state index contributed by atoms with van der Waals surface area (Å²) in [7, 11) is 0. The van der Waals surface area contributed by atoms with Crippen LogP contribution in [0.4, 0.5) is 5.69 Å². The summed E-state index contributed by atoms with van der Waals surface area (Å²) in [4.78, 5) is 11.2. The molecule has 1 aliphatic rings. The van der Waals surface area contributed by atoms with E-state index in [9.17, 15) is 9.90 Å². The number of carbonyl (C=O) groups is 1. The van der Waals surface area contributed by atoms with Crippen LogP contribution >= 0.6 is 0 Å². The molecular weight excluding hydrogens is 216 g/mol. The van der Waals surface area contributed by atoms with Crippen LogP contribution in [0.15, 0.2) is 18.2 Å². The monoisotopic (exact) mass is 234 g/mol. The third-order valence-corrected chi connectivity index (χ3v) is 3.34. The van der Waals surface area contributed by atoms with Gasteiger partial charge in [-0.25, -0.2) is 0 Å². The Morgan fingerprint density at radius 2 is 2.24 bits per heavy atom. The number of carbonyl (C=O) groups excluding carboxylic acids is 1. The lowest BCUT2D eigenvalue weighted by molar-refractivity contribution is -0.115. The maximum absolute atomic E-state index is 11.2. The summed E-state index contributed by atoms with van der Waals surface area (Å²) in [5.74, 6) is 0.00437. The van der Waals surface area contributed by atoms with Gasteiger partial charge in [0.15, 0.2) is 0 Å². The fourth-order valence-corrected chi connectivity index (χ4v) is 1.98. The van der Waals surface area contributed by atoms with Crippen LogP contribution in [0.1, 0.15) is 31.1 Å². The average Bonchev–Trinajstić information content (AvgIpc) is 2.66. The number of benzene rings is 1. The molecular formula is C13H18N2O2. The molecule has 0 bridgehead atoms. The van der Waals surface area contributed by atoms with Crippen molar-refractivity contribution in [2.24, 2.45) is 11.1 Å². The third-order valence-electron chi connectivity index (χ3n) is 3.34. The van der Waals surface area contributed by atoms with Gasteiger partial charge in [0, 0.05) is 17.6 Å².